The molecule has 1 atom stereocenters. The highest BCUT2D eigenvalue weighted by molar-refractivity contribution is 5.89. The minimum atomic E-state index is -0.905. The highest BCUT2D eigenvalue weighted by Crippen LogP contribution is 2.24. The maximum absolute atomic E-state index is 11.1. The van der Waals surface area contributed by atoms with Crippen LogP contribution in [0.15, 0.2) is 36.4 Å². The quantitative estimate of drug-likeness (QED) is 0.869. The summed E-state index contributed by atoms with van der Waals surface area (Å²) in [6, 6.07) is 11.7. The van der Waals surface area contributed by atoms with Gasteiger partial charge in [0.25, 0.3) is 0 Å². The predicted octanol–water partition coefficient (Wildman–Crippen LogP) is 4.48. The smallest absolute Gasteiger partial charge is 0.335 e. The van der Waals surface area contributed by atoms with Crippen LogP contribution in [0.5, 0.6) is 0 Å². The van der Waals surface area contributed by atoms with Crippen LogP contribution < -0.4 is 5.32 Å². The topological polar surface area (TPSA) is 49.3 Å². The number of nitrogens with one attached hydrogen (secondary N) is 1. The number of carboxylic acids is 1. The van der Waals surface area contributed by atoms with E-state index in [0.29, 0.717) is 5.56 Å². The van der Waals surface area contributed by atoms with Crippen molar-refractivity contribution in [3.8, 4) is 0 Å². The highest BCUT2D eigenvalue weighted by Gasteiger charge is 2.10. The number of anilines is 1. The number of hydrogen-bond donors (Lipinski definition) is 2. The fourth-order valence-electron chi connectivity index (χ4n) is 2.49. The van der Waals surface area contributed by atoms with Gasteiger partial charge in [0.2, 0.25) is 0 Å². The lowest BCUT2D eigenvalue weighted by Crippen LogP contribution is -2.09. The minimum Gasteiger partial charge on any atom is -0.478 e. The molecule has 2 rings (SSSR count). The standard InChI is InChI=1S/C18H21NO2/c1-11-7-12(2)9-16(8-11)14(4)19-17-10-15(18(20)21)6-5-13(17)3/h5-10,14,19H,1-4H3,(H,20,21). The number of carboxylic acid groups (broad SMARTS) is 1. The molecule has 0 saturated carbocycles. The molecule has 0 aromatic heterocycles. The molecule has 0 amide bonds. The van der Waals surface area contributed by atoms with E-state index in [9.17, 15) is 4.79 Å². The van der Waals surface area contributed by atoms with E-state index in [-0.39, 0.29) is 6.04 Å². The predicted molar refractivity (Wildman–Crippen MR) is 86.1 cm³/mol. The number of rotatable bonds is 4. The van der Waals surface area contributed by atoms with E-state index in [1.165, 1.54) is 16.7 Å². The first-order valence-electron chi connectivity index (χ1n) is 7.05. The molecule has 2 aromatic carbocycles. The number of benzene rings is 2. The summed E-state index contributed by atoms with van der Waals surface area (Å²) in [5.74, 6) is -0.905. The molecular weight excluding hydrogens is 262 g/mol. The van der Waals surface area contributed by atoms with Crippen molar-refractivity contribution in [3.05, 3.63) is 64.2 Å². The van der Waals surface area contributed by atoms with Crippen molar-refractivity contribution in [1.29, 1.82) is 0 Å². The zero-order chi connectivity index (χ0) is 15.6. The van der Waals surface area contributed by atoms with Crippen LogP contribution in [0, 0.1) is 20.8 Å². The first-order valence-corrected chi connectivity index (χ1v) is 7.05. The van der Waals surface area contributed by atoms with E-state index in [1.54, 1.807) is 12.1 Å². The SMILES string of the molecule is Cc1cc(C)cc(C(C)Nc2cc(C(=O)O)ccc2C)c1. The van der Waals surface area contributed by atoms with E-state index in [0.717, 1.165) is 11.3 Å². The molecule has 0 aliphatic heterocycles. The van der Waals surface area contributed by atoms with Crippen LogP contribution >= 0.6 is 0 Å². The van der Waals surface area contributed by atoms with Gasteiger partial charge in [0.1, 0.15) is 0 Å². The largest absolute Gasteiger partial charge is 0.478 e. The highest BCUT2D eigenvalue weighted by atomic mass is 16.4. The van der Waals surface area contributed by atoms with E-state index < -0.39 is 5.97 Å². The molecule has 0 saturated heterocycles. The lowest BCUT2D eigenvalue weighted by atomic mass is 10.0. The molecule has 0 aliphatic rings. The van der Waals surface area contributed by atoms with Crippen LogP contribution in [-0.4, -0.2) is 11.1 Å². The van der Waals surface area contributed by atoms with Gasteiger partial charge in [-0.05, 0) is 51.0 Å². The molecule has 0 fully saturated rings. The molecule has 0 spiro atoms. The van der Waals surface area contributed by atoms with Crippen LogP contribution in [0.4, 0.5) is 5.69 Å². The number of aromatic carboxylic acids is 1. The Morgan fingerprint density at radius 2 is 1.67 bits per heavy atom. The van der Waals surface area contributed by atoms with Gasteiger partial charge in [0, 0.05) is 11.7 Å². The second-order valence-corrected chi connectivity index (χ2v) is 5.62. The van der Waals surface area contributed by atoms with Crippen molar-refractivity contribution in [2.45, 2.75) is 33.7 Å². The molecule has 0 bridgehead atoms. The summed E-state index contributed by atoms with van der Waals surface area (Å²) >= 11 is 0. The summed E-state index contributed by atoms with van der Waals surface area (Å²) in [5.41, 5.74) is 5.87. The van der Waals surface area contributed by atoms with Crippen LogP contribution in [0.25, 0.3) is 0 Å². The lowest BCUT2D eigenvalue weighted by molar-refractivity contribution is 0.0697. The molecular formula is C18H21NO2. The van der Waals surface area contributed by atoms with Crippen LogP contribution in [0.3, 0.4) is 0 Å². The second-order valence-electron chi connectivity index (χ2n) is 5.62. The third kappa shape index (κ3) is 3.63. The van der Waals surface area contributed by atoms with E-state index >= 15 is 0 Å². The molecule has 3 heteroatoms. The summed E-state index contributed by atoms with van der Waals surface area (Å²) in [7, 11) is 0. The first kappa shape index (κ1) is 15.1. The van der Waals surface area contributed by atoms with Gasteiger partial charge in [-0.15, -0.1) is 0 Å². The van der Waals surface area contributed by atoms with E-state index in [1.807, 2.05) is 13.0 Å². The van der Waals surface area contributed by atoms with Gasteiger partial charge in [0.15, 0.2) is 0 Å². The molecule has 0 aliphatic carbocycles. The van der Waals surface area contributed by atoms with Crippen molar-refractivity contribution in [2.24, 2.45) is 0 Å². The zero-order valence-corrected chi connectivity index (χ0v) is 12.9. The van der Waals surface area contributed by atoms with Crippen molar-refractivity contribution in [1.82, 2.24) is 0 Å². The Morgan fingerprint density at radius 1 is 1.05 bits per heavy atom. The summed E-state index contributed by atoms with van der Waals surface area (Å²) in [6.07, 6.45) is 0. The van der Waals surface area contributed by atoms with Gasteiger partial charge < -0.3 is 10.4 Å². The monoisotopic (exact) mass is 283 g/mol. The normalized spacial score (nSPS) is 12.0. The summed E-state index contributed by atoms with van der Waals surface area (Å²) < 4.78 is 0. The van der Waals surface area contributed by atoms with Crippen molar-refractivity contribution in [3.63, 3.8) is 0 Å². The Morgan fingerprint density at radius 3 is 2.24 bits per heavy atom. The molecule has 0 radical (unpaired) electrons. The van der Waals surface area contributed by atoms with Crippen molar-refractivity contribution < 1.29 is 9.90 Å². The minimum absolute atomic E-state index is 0.117. The van der Waals surface area contributed by atoms with Crippen molar-refractivity contribution >= 4 is 11.7 Å². The molecule has 2 aromatic rings. The van der Waals surface area contributed by atoms with Gasteiger partial charge in [-0.25, -0.2) is 4.79 Å². The van der Waals surface area contributed by atoms with Gasteiger partial charge >= 0.3 is 5.97 Å². The molecule has 0 heterocycles. The third-order valence-electron chi connectivity index (χ3n) is 3.60. The number of aryl methyl sites for hydroxylation is 3. The fourth-order valence-corrected chi connectivity index (χ4v) is 2.49. The molecule has 21 heavy (non-hydrogen) atoms. The van der Waals surface area contributed by atoms with Crippen molar-refractivity contribution in [2.75, 3.05) is 5.32 Å². The first-order chi connectivity index (χ1) is 9.86. The summed E-state index contributed by atoms with van der Waals surface area (Å²) in [5, 5.41) is 12.5. The van der Waals surface area contributed by atoms with Crippen LogP contribution in [0.2, 0.25) is 0 Å². The Bertz CT molecular complexity index is 657. The average molecular weight is 283 g/mol. The zero-order valence-electron chi connectivity index (χ0n) is 12.9. The molecule has 110 valence electrons. The Balaban J connectivity index is 2.28. The molecule has 3 nitrogen and oxygen atoms in total. The van der Waals surface area contributed by atoms with E-state index in [4.69, 9.17) is 5.11 Å². The van der Waals surface area contributed by atoms with Gasteiger partial charge in [0.05, 0.1) is 5.56 Å². The Hall–Kier alpha value is -2.29. The molecule has 2 N–H and O–H groups in total. The van der Waals surface area contributed by atoms with Gasteiger partial charge in [-0.3, -0.25) is 0 Å². The fraction of sp³-hybridized carbons (Fsp3) is 0.278. The molecule has 1 unspecified atom stereocenters. The maximum atomic E-state index is 11.1. The summed E-state index contributed by atoms with van der Waals surface area (Å²) in [4.78, 5) is 11.1. The van der Waals surface area contributed by atoms with Gasteiger partial charge in [-0.2, -0.15) is 0 Å². The van der Waals surface area contributed by atoms with Crippen LogP contribution in [-0.2, 0) is 0 Å². The lowest BCUT2D eigenvalue weighted by Gasteiger charge is -2.19. The number of carbonyl (C=O) groups is 1. The third-order valence-corrected chi connectivity index (χ3v) is 3.60. The van der Waals surface area contributed by atoms with Gasteiger partial charge in [-0.1, -0.05) is 35.4 Å². The Kier molecular flexibility index (Phi) is 4.32. The van der Waals surface area contributed by atoms with Crippen LogP contribution in [0.1, 0.15) is 45.6 Å². The maximum Gasteiger partial charge on any atom is 0.335 e. The number of hydrogen-bond acceptors (Lipinski definition) is 2. The average Bonchev–Trinajstić information content (AvgIpc) is 2.39. The Labute approximate surface area is 125 Å². The summed E-state index contributed by atoms with van der Waals surface area (Å²) in [6.45, 7) is 8.22. The second kappa shape index (κ2) is 6.00. The van der Waals surface area contributed by atoms with E-state index in [2.05, 4.69) is 44.3 Å².